The van der Waals surface area contributed by atoms with Crippen LogP contribution in [0.5, 0.6) is 0 Å². The Morgan fingerprint density at radius 2 is 1.56 bits per heavy atom. The van der Waals surface area contributed by atoms with Crippen molar-refractivity contribution in [3.63, 3.8) is 0 Å². The fourth-order valence-electron chi connectivity index (χ4n) is 3.40. The molecule has 0 aromatic heterocycles. The SMILES string of the molecule is CCNC(=O)C(C)N(Cc1c(Cl)cccc1Cl)C(=O)CN(c1ccc(C(C)C)cc1)S(C)(=O)=O. The number of benzene rings is 2. The molecule has 7 nitrogen and oxygen atoms in total. The number of likely N-dealkylation sites (N-methyl/N-ethyl adjacent to an activating group) is 1. The molecule has 0 spiro atoms. The molecule has 1 N–H and O–H groups in total. The van der Waals surface area contributed by atoms with Gasteiger partial charge in [0.2, 0.25) is 21.8 Å². The van der Waals surface area contributed by atoms with E-state index in [1.807, 2.05) is 26.0 Å². The molecule has 1 atom stereocenters. The minimum atomic E-state index is -3.79. The molecule has 0 saturated carbocycles. The van der Waals surface area contributed by atoms with Crippen LogP contribution in [0.15, 0.2) is 42.5 Å². The summed E-state index contributed by atoms with van der Waals surface area (Å²) >= 11 is 12.6. The van der Waals surface area contributed by atoms with Crippen LogP contribution < -0.4 is 9.62 Å². The molecule has 2 amide bonds. The summed E-state index contributed by atoms with van der Waals surface area (Å²) in [6, 6.07) is 11.1. The molecule has 2 aromatic carbocycles. The van der Waals surface area contributed by atoms with Crippen molar-refractivity contribution in [3.05, 3.63) is 63.6 Å². The van der Waals surface area contributed by atoms with Crippen molar-refractivity contribution in [2.75, 3.05) is 23.7 Å². The molecule has 0 fully saturated rings. The van der Waals surface area contributed by atoms with Gasteiger partial charge in [-0.15, -0.1) is 0 Å². The third-order valence-corrected chi connectivity index (χ3v) is 7.28. The van der Waals surface area contributed by atoms with E-state index in [0.717, 1.165) is 16.1 Å². The number of hydrogen-bond donors (Lipinski definition) is 1. The molecule has 186 valence electrons. The van der Waals surface area contributed by atoms with E-state index in [4.69, 9.17) is 23.2 Å². The smallest absolute Gasteiger partial charge is 0.244 e. The van der Waals surface area contributed by atoms with Gasteiger partial charge in [-0.05, 0) is 49.6 Å². The van der Waals surface area contributed by atoms with Gasteiger partial charge in [-0.3, -0.25) is 13.9 Å². The lowest BCUT2D eigenvalue weighted by Gasteiger charge is -2.32. The first kappa shape index (κ1) is 28.0. The topological polar surface area (TPSA) is 86.8 Å². The predicted molar refractivity (Wildman–Crippen MR) is 138 cm³/mol. The molecule has 0 aliphatic carbocycles. The van der Waals surface area contributed by atoms with Crippen LogP contribution in [0, 0.1) is 0 Å². The monoisotopic (exact) mass is 527 g/mol. The molecule has 2 rings (SSSR count). The third kappa shape index (κ3) is 7.10. The molecule has 0 heterocycles. The fourth-order valence-corrected chi connectivity index (χ4v) is 4.76. The average Bonchev–Trinajstić information content (AvgIpc) is 2.76. The molecular formula is C24H31Cl2N3O4S. The highest BCUT2D eigenvalue weighted by molar-refractivity contribution is 7.92. The Morgan fingerprint density at radius 3 is 2.03 bits per heavy atom. The number of rotatable bonds is 10. The summed E-state index contributed by atoms with van der Waals surface area (Å²) < 4.78 is 26.3. The maximum atomic E-state index is 13.5. The number of hydrogen-bond acceptors (Lipinski definition) is 4. The van der Waals surface area contributed by atoms with Crippen molar-refractivity contribution < 1.29 is 18.0 Å². The molecule has 2 aromatic rings. The van der Waals surface area contributed by atoms with Gasteiger partial charge >= 0.3 is 0 Å². The number of halogens is 2. The average molecular weight is 529 g/mol. The summed E-state index contributed by atoms with van der Waals surface area (Å²) in [4.78, 5) is 27.4. The minimum Gasteiger partial charge on any atom is -0.355 e. The van der Waals surface area contributed by atoms with Gasteiger partial charge in [-0.2, -0.15) is 0 Å². The first-order valence-corrected chi connectivity index (χ1v) is 13.5. The number of amides is 2. The zero-order valence-electron chi connectivity index (χ0n) is 20.0. The van der Waals surface area contributed by atoms with E-state index >= 15 is 0 Å². The molecular weight excluding hydrogens is 497 g/mol. The highest BCUT2D eigenvalue weighted by Crippen LogP contribution is 2.27. The first-order chi connectivity index (χ1) is 15.9. The zero-order chi connectivity index (χ0) is 25.6. The van der Waals surface area contributed by atoms with E-state index in [1.165, 1.54) is 4.90 Å². The molecule has 0 bridgehead atoms. The van der Waals surface area contributed by atoms with Crippen molar-refractivity contribution in [2.24, 2.45) is 0 Å². The van der Waals surface area contributed by atoms with E-state index < -0.39 is 28.5 Å². The second-order valence-electron chi connectivity index (χ2n) is 8.31. The quantitative estimate of drug-likeness (QED) is 0.494. The van der Waals surface area contributed by atoms with E-state index in [9.17, 15) is 18.0 Å². The summed E-state index contributed by atoms with van der Waals surface area (Å²) in [7, 11) is -3.79. The van der Waals surface area contributed by atoms with Crippen molar-refractivity contribution in [1.29, 1.82) is 0 Å². The Bertz CT molecular complexity index is 1100. The van der Waals surface area contributed by atoms with Crippen LogP contribution in [0.1, 0.15) is 44.7 Å². The van der Waals surface area contributed by atoms with Crippen LogP contribution in [0.4, 0.5) is 5.69 Å². The highest BCUT2D eigenvalue weighted by Gasteiger charge is 2.30. The Balaban J connectivity index is 2.43. The lowest BCUT2D eigenvalue weighted by Crippen LogP contribution is -2.51. The van der Waals surface area contributed by atoms with Crippen molar-refractivity contribution in [1.82, 2.24) is 10.2 Å². The number of sulfonamides is 1. The number of carbonyl (C=O) groups is 2. The molecule has 10 heteroatoms. The lowest BCUT2D eigenvalue weighted by molar-refractivity contribution is -0.139. The van der Waals surface area contributed by atoms with Crippen molar-refractivity contribution in [2.45, 2.75) is 46.2 Å². The van der Waals surface area contributed by atoms with Gasteiger partial charge in [0.25, 0.3) is 0 Å². The summed E-state index contributed by atoms with van der Waals surface area (Å²) in [6.07, 6.45) is 1.04. The van der Waals surface area contributed by atoms with E-state index in [1.54, 1.807) is 44.2 Å². The van der Waals surface area contributed by atoms with Gasteiger partial charge in [0.15, 0.2) is 0 Å². The third-order valence-electron chi connectivity index (χ3n) is 5.44. The predicted octanol–water partition coefficient (Wildman–Crippen LogP) is 4.44. The van der Waals surface area contributed by atoms with Crippen molar-refractivity contribution in [3.8, 4) is 0 Å². The normalized spacial score (nSPS) is 12.4. The molecule has 34 heavy (non-hydrogen) atoms. The molecule has 0 aliphatic rings. The van der Waals surface area contributed by atoms with Gasteiger partial charge < -0.3 is 10.2 Å². The second kappa shape index (κ2) is 11.9. The largest absolute Gasteiger partial charge is 0.355 e. The van der Waals surface area contributed by atoms with Crippen LogP contribution in [-0.2, 0) is 26.2 Å². The Labute approximate surface area is 212 Å². The first-order valence-electron chi connectivity index (χ1n) is 10.9. The fraction of sp³-hybridized carbons (Fsp3) is 0.417. The second-order valence-corrected chi connectivity index (χ2v) is 11.0. The van der Waals surface area contributed by atoms with Crippen LogP contribution in [0.25, 0.3) is 0 Å². The van der Waals surface area contributed by atoms with Gasteiger partial charge in [0, 0.05) is 28.7 Å². The zero-order valence-corrected chi connectivity index (χ0v) is 22.3. The summed E-state index contributed by atoms with van der Waals surface area (Å²) in [5.74, 6) is -0.657. The lowest BCUT2D eigenvalue weighted by atomic mass is 10.0. The highest BCUT2D eigenvalue weighted by atomic mass is 35.5. The van der Waals surface area contributed by atoms with Gasteiger partial charge in [0.1, 0.15) is 12.6 Å². The summed E-state index contributed by atoms with van der Waals surface area (Å²) in [5.41, 5.74) is 1.88. The molecule has 1 unspecified atom stereocenters. The van der Waals surface area contributed by atoms with Gasteiger partial charge in [0.05, 0.1) is 11.9 Å². The molecule has 0 radical (unpaired) electrons. The number of carbonyl (C=O) groups excluding carboxylic acids is 2. The summed E-state index contributed by atoms with van der Waals surface area (Å²) in [6.45, 7) is 7.27. The number of anilines is 1. The van der Waals surface area contributed by atoms with Crippen LogP contribution in [-0.4, -0.2) is 50.5 Å². The number of nitrogens with one attached hydrogen (secondary N) is 1. The Hall–Kier alpha value is -2.29. The van der Waals surface area contributed by atoms with Gasteiger partial charge in [-0.1, -0.05) is 55.2 Å². The van der Waals surface area contributed by atoms with Gasteiger partial charge in [-0.25, -0.2) is 8.42 Å². The van der Waals surface area contributed by atoms with Crippen LogP contribution in [0.2, 0.25) is 10.0 Å². The standard InChI is InChI=1S/C24H31Cl2N3O4S/c1-6-27-24(31)17(4)28(14-20-21(25)8-7-9-22(20)26)23(30)15-29(34(5,32)33)19-12-10-18(11-13-19)16(2)3/h7-13,16-17H,6,14-15H2,1-5H3,(H,27,31). The maximum Gasteiger partial charge on any atom is 0.244 e. The molecule has 0 saturated heterocycles. The van der Waals surface area contributed by atoms with Crippen molar-refractivity contribution >= 4 is 50.7 Å². The minimum absolute atomic E-state index is 0.0560. The molecule has 0 aliphatic heterocycles. The maximum absolute atomic E-state index is 13.5. The van der Waals surface area contributed by atoms with E-state index in [-0.39, 0.29) is 18.4 Å². The van der Waals surface area contributed by atoms with Crippen LogP contribution in [0.3, 0.4) is 0 Å². The Morgan fingerprint density at radius 1 is 1.00 bits per heavy atom. The van der Waals surface area contributed by atoms with E-state index in [0.29, 0.717) is 27.8 Å². The van der Waals surface area contributed by atoms with E-state index in [2.05, 4.69) is 5.32 Å². The van der Waals surface area contributed by atoms with Crippen LogP contribution >= 0.6 is 23.2 Å². The Kier molecular flexibility index (Phi) is 9.79. The summed E-state index contributed by atoms with van der Waals surface area (Å²) in [5, 5.41) is 3.39. The number of nitrogens with zero attached hydrogens (tertiary/aromatic N) is 2.